The van der Waals surface area contributed by atoms with E-state index in [2.05, 4.69) is 0 Å². The number of rotatable bonds is 2. The highest BCUT2D eigenvalue weighted by Gasteiger charge is 2.58. The van der Waals surface area contributed by atoms with Gasteiger partial charge in [-0.1, -0.05) is 34.8 Å². The van der Waals surface area contributed by atoms with Crippen LogP contribution >= 0.6 is 34.8 Å². The monoisotopic (exact) mass is 322 g/mol. The van der Waals surface area contributed by atoms with Crippen LogP contribution in [0.25, 0.3) is 0 Å². The highest BCUT2D eigenvalue weighted by Crippen LogP contribution is 2.42. The Morgan fingerprint density at radius 1 is 1.22 bits per heavy atom. The van der Waals surface area contributed by atoms with Crippen LogP contribution < -0.4 is 0 Å². The number of fused-ring (bicyclic) bond motifs is 1. The number of aliphatic hydroxyl groups excluding tert-OH is 2. The average Bonchev–Trinajstić information content (AvgIpc) is 2.77. The standard InChI is InChI=1S/C8H9Cl3O7/c9-8(10,11)7-17-4-1(12)3(2(13)5(14)15)16-6(4)18-7/h1-4,6-7,12-13H,(H,14,15). The maximum absolute atomic E-state index is 10.6. The molecule has 0 bridgehead atoms. The Bertz CT molecular complexity index is 346. The fourth-order valence-electron chi connectivity index (χ4n) is 1.77. The molecular formula is C8H9Cl3O7. The van der Waals surface area contributed by atoms with Gasteiger partial charge in [0.1, 0.15) is 18.3 Å². The van der Waals surface area contributed by atoms with Gasteiger partial charge in [-0.3, -0.25) is 0 Å². The zero-order valence-corrected chi connectivity index (χ0v) is 10.8. The van der Waals surface area contributed by atoms with Gasteiger partial charge in [-0.25, -0.2) is 4.79 Å². The van der Waals surface area contributed by atoms with Gasteiger partial charge in [0.2, 0.25) is 10.1 Å². The van der Waals surface area contributed by atoms with Gasteiger partial charge in [0.05, 0.1) is 0 Å². The molecule has 2 saturated heterocycles. The topological polar surface area (TPSA) is 105 Å². The van der Waals surface area contributed by atoms with Gasteiger partial charge >= 0.3 is 5.97 Å². The number of alkyl halides is 3. The van der Waals surface area contributed by atoms with Crippen LogP contribution in [0.5, 0.6) is 0 Å². The Morgan fingerprint density at radius 3 is 2.28 bits per heavy atom. The minimum absolute atomic E-state index is 1.02. The second-order valence-corrected chi connectivity index (χ2v) is 6.22. The first-order valence-corrected chi connectivity index (χ1v) is 5.97. The van der Waals surface area contributed by atoms with E-state index >= 15 is 0 Å². The quantitative estimate of drug-likeness (QED) is 0.595. The van der Waals surface area contributed by atoms with Gasteiger partial charge in [-0.2, -0.15) is 0 Å². The molecule has 6 atom stereocenters. The predicted molar refractivity (Wildman–Crippen MR) is 58.3 cm³/mol. The summed E-state index contributed by atoms with van der Waals surface area (Å²) in [5.74, 6) is -1.53. The molecule has 2 aliphatic rings. The summed E-state index contributed by atoms with van der Waals surface area (Å²) in [6, 6.07) is 0. The molecule has 7 nitrogen and oxygen atoms in total. The van der Waals surface area contributed by atoms with Crippen molar-refractivity contribution < 1.29 is 34.3 Å². The number of ether oxygens (including phenoxy) is 3. The van der Waals surface area contributed by atoms with Crippen molar-refractivity contribution in [3.05, 3.63) is 0 Å². The molecule has 0 saturated carbocycles. The predicted octanol–water partition coefficient (Wildman–Crippen LogP) is -0.371. The molecule has 0 radical (unpaired) electrons. The lowest BCUT2D eigenvalue weighted by Gasteiger charge is -2.23. The van der Waals surface area contributed by atoms with Crippen molar-refractivity contribution in [1.82, 2.24) is 0 Å². The van der Waals surface area contributed by atoms with Crippen LogP contribution in [0.3, 0.4) is 0 Å². The first-order chi connectivity index (χ1) is 8.21. The van der Waals surface area contributed by atoms with Crippen molar-refractivity contribution in [2.45, 2.75) is 40.8 Å². The molecule has 6 unspecified atom stereocenters. The van der Waals surface area contributed by atoms with E-state index in [4.69, 9.17) is 54.1 Å². The molecule has 0 amide bonds. The minimum Gasteiger partial charge on any atom is -0.479 e. The van der Waals surface area contributed by atoms with E-state index in [1.165, 1.54) is 0 Å². The van der Waals surface area contributed by atoms with Crippen molar-refractivity contribution in [1.29, 1.82) is 0 Å². The highest BCUT2D eigenvalue weighted by atomic mass is 35.6. The van der Waals surface area contributed by atoms with Crippen LogP contribution in [0.1, 0.15) is 0 Å². The van der Waals surface area contributed by atoms with Crippen LogP contribution in [0.15, 0.2) is 0 Å². The summed E-state index contributed by atoms with van der Waals surface area (Å²) in [6.07, 6.45) is -8.03. The van der Waals surface area contributed by atoms with Gasteiger partial charge in [0.25, 0.3) is 0 Å². The lowest BCUT2D eigenvalue weighted by Crippen LogP contribution is -2.44. The van der Waals surface area contributed by atoms with Crippen molar-refractivity contribution in [2.75, 3.05) is 0 Å². The van der Waals surface area contributed by atoms with Crippen LogP contribution in [0, 0.1) is 0 Å². The maximum atomic E-state index is 10.6. The number of hydrogen-bond donors (Lipinski definition) is 3. The van der Waals surface area contributed by atoms with Crippen molar-refractivity contribution in [3.63, 3.8) is 0 Å². The fraction of sp³-hybridized carbons (Fsp3) is 0.875. The number of halogens is 3. The molecule has 2 heterocycles. The molecule has 2 rings (SSSR count). The molecule has 0 aliphatic carbocycles. The van der Waals surface area contributed by atoms with E-state index < -0.39 is 46.8 Å². The Hall–Kier alpha value is 0.140. The largest absolute Gasteiger partial charge is 0.479 e. The number of aliphatic hydroxyl groups is 2. The molecule has 18 heavy (non-hydrogen) atoms. The molecule has 0 aromatic heterocycles. The summed E-state index contributed by atoms with van der Waals surface area (Å²) in [7, 11) is 0. The molecule has 0 aromatic carbocycles. The first kappa shape index (κ1) is 14.5. The third-order valence-electron chi connectivity index (χ3n) is 2.60. The summed E-state index contributed by atoms with van der Waals surface area (Å²) in [5, 5.41) is 27.7. The SMILES string of the molecule is O=C(O)C(O)C1OC2OC(C(Cl)(Cl)Cl)OC2C1O. The van der Waals surface area contributed by atoms with Crippen LogP contribution in [-0.4, -0.2) is 62.1 Å². The van der Waals surface area contributed by atoms with E-state index in [1.807, 2.05) is 0 Å². The summed E-state index contributed by atoms with van der Waals surface area (Å²) in [6.45, 7) is 0. The number of carboxylic acid groups (broad SMARTS) is 1. The Balaban J connectivity index is 2.04. The summed E-state index contributed by atoms with van der Waals surface area (Å²) >= 11 is 16.6. The van der Waals surface area contributed by atoms with Gasteiger partial charge < -0.3 is 29.5 Å². The third kappa shape index (κ3) is 2.54. The van der Waals surface area contributed by atoms with E-state index in [-0.39, 0.29) is 0 Å². The third-order valence-corrected chi connectivity index (χ3v) is 3.14. The lowest BCUT2D eigenvalue weighted by atomic mass is 10.1. The van der Waals surface area contributed by atoms with Crippen LogP contribution in [0.2, 0.25) is 0 Å². The van der Waals surface area contributed by atoms with E-state index in [0.717, 1.165) is 0 Å². The van der Waals surface area contributed by atoms with Crippen molar-refractivity contribution in [2.24, 2.45) is 0 Å². The van der Waals surface area contributed by atoms with Gasteiger partial charge in [-0.05, 0) is 0 Å². The van der Waals surface area contributed by atoms with Crippen molar-refractivity contribution in [3.8, 4) is 0 Å². The second kappa shape index (κ2) is 4.92. The zero-order valence-electron chi connectivity index (χ0n) is 8.57. The average molecular weight is 324 g/mol. The lowest BCUT2D eigenvalue weighted by molar-refractivity contribution is -0.192. The summed E-state index contributed by atoms with van der Waals surface area (Å²) in [4.78, 5) is 10.6. The molecule has 3 N–H and O–H groups in total. The van der Waals surface area contributed by atoms with Gasteiger partial charge in [0.15, 0.2) is 12.4 Å². The van der Waals surface area contributed by atoms with E-state index in [1.54, 1.807) is 0 Å². The minimum atomic E-state index is -1.90. The van der Waals surface area contributed by atoms with Gasteiger partial charge in [0, 0.05) is 0 Å². The molecule has 2 aliphatic heterocycles. The number of carboxylic acids is 1. The number of aliphatic carboxylic acids is 1. The maximum Gasteiger partial charge on any atom is 0.335 e. The molecule has 2 fully saturated rings. The number of carbonyl (C=O) groups is 1. The highest BCUT2D eigenvalue weighted by molar-refractivity contribution is 6.67. The Kier molecular flexibility index (Phi) is 3.97. The zero-order chi connectivity index (χ0) is 13.7. The summed E-state index contributed by atoms with van der Waals surface area (Å²) < 4.78 is 13.4. The molecule has 10 heteroatoms. The van der Waals surface area contributed by atoms with Crippen molar-refractivity contribution >= 4 is 40.8 Å². The molecule has 0 spiro atoms. The Labute approximate surface area is 116 Å². The first-order valence-electron chi connectivity index (χ1n) is 4.84. The van der Waals surface area contributed by atoms with Crippen LogP contribution in [-0.2, 0) is 19.0 Å². The smallest absolute Gasteiger partial charge is 0.335 e. The molecule has 104 valence electrons. The number of hydrogen-bond acceptors (Lipinski definition) is 6. The normalized spacial score (nSPS) is 41.7. The second-order valence-electron chi connectivity index (χ2n) is 3.85. The fourth-order valence-corrected chi connectivity index (χ4v) is 2.08. The molecular weight excluding hydrogens is 314 g/mol. The van der Waals surface area contributed by atoms with E-state index in [9.17, 15) is 15.0 Å². The summed E-state index contributed by atoms with van der Waals surface area (Å²) in [5.41, 5.74) is 0. The van der Waals surface area contributed by atoms with Gasteiger partial charge in [-0.15, -0.1) is 0 Å². The molecule has 0 aromatic rings. The van der Waals surface area contributed by atoms with Crippen LogP contribution in [0.4, 0.5) is 0 Å². The van der Waals surface area contributed by atoms with E-state index in [0.29, 0.717) is 0 Å². The Morgan fingerprint density at radius 2 is 1.83 bits per heavy atom.